The highest BCUT2D eigenvalue weighted by Gasteiger charge is 2.33. The van der Waals surface area contributed by atoms with E-state index < -0.39 is 17.6 Å². The van der Waals surface area contributed by atoms with Crippen molar-refractivity contribution in [3.8, 4) is 5.75 Å². The van der Waals surface area contributed by atoms with E-state index in [1.54, 1.807) is 16.8 Å². The van der Waals surface area contributed by atoms with E-state index in [0.29, 0.717) is 11.6 Å². The number of benzene rings is 2. The number of ether oxygens (including phenoxy) is 1. The van der Waals surface area contributed by atoms with Crippen LogP contribution in [0.25, 0.3) is 0 Å². The predicted molar refractivity (Wildman–Crippen MR) is 98.4 cm³/mol. The zero-order valence-electron chi connectivity index (χ0n) is 15.6. The summed E-state index contributed by atoms with van der Waals surface area (Å²) in [6.07, 6.45) is -4.56. The number of rotatable bonds is 6. The Bertz CT molecular complexity index is 984. The molecule has 0 spiro atoms. The van der Waals surface area contributed by atoms with Gasteiger partial charge in [-0.1, -0.05) is 12.1 Å². The molecule has 0 bridgehead atoms. The lowest BCUT2D eigenvalue weighted by atomic mass is 10.1. The van der Waals surface area contributed by atoms with Crippen LogP contribution in [-0.4, -0.2) is 26.1 Å². The molecule has 10 heteroatoms. The molecule has 0 aliphatic heterocycles. The lowest BCUT2D eigenvalue weighted by Crippen LogP contribution is -2.16. The fourth-order valence-electron chi connectivity index (χ4n) is 2.59. The molecule has 29 heavy (non-hydrogen) atoms. The van der Waals surface area contributed by atoms with Gasteiger partial charge < -0.3 is 10.1 Å². The molecule has 1 heterocycles. The molecule has 2 aromatic carbocycles. The first kappa shape index (κ1) is 20.3. The number of para-hydroxylation sites is 1. The van der Waals surface area contributed by atoms with Gasteiger partial charge in [0, 0.05) is 5.56 Å². The van der Waals surface area contributed by atoms with E-state index in [-0.39, 0.29) is 23.9 Å². The topological polar surface area (TPSA) is 81.9 Å². The number of halogens is 3. The summed E-state index contributed by atoms with van der Waals surface area (Å²) >= 11 is 0. The van der Waals surface area contributed by atoms with Crippen molar-refractivity contribution in [2.24, 2.45) is 0 Å². The SMILES string of the molecule is CC(C)n1nnnc1COc1ccc(C(=O)Nc2ccccc2C(F)(F)F)cc1. The van der Waals surface area contributed by atoms with Gasteiger partial charge in [-0.25, -0.2) is 4.68 Å². The number of nitrogens with one attached hydrogen (secondary N) is 1. The van der Waals surface area contributed by atoms with E-state index in [1.807, 2.05) is 13.8 Å². The molecule has 3 rings (SSSR count). The molecule has 7 nitrogen and oxygen atoms in total. The maximum absolute atomic E-state index is 13.1. The molecule has 152 valence electrons. The molecule has 3 aromatic rings. The normalized spacial score (nSPS) is 11.5. The highest BCUT2D eigenvalue weighted by molar-refractivity contribution is 6.04. The maximum atomic E-state index is 13.1. The average molecular weight is 405 g/mol. The number of aromatic nitrogens is 4. The minimum Gasteiger partial charge on any atom is -0.486 e. The van der Waals surface area contributed by atoms with Gasteiger partial charge in [-0.2, -0.15) is 13.2 Å². The summed E-state index contributed by atoms with van der Waals surface area (Å²) in [6.45, 7) is 4.00. The number of tetrazole rings is 1. The van der Waals surface area contributed by atoms with Crippen LogP contribution in [0.2, 0.25) is 0 Å². The molecule has 0 aliphatic carbocycles. The Morgan fingerprint density at radius 2 is 1.83 bits per heavy atom. The van der Waals surface area contributed by atoms with Crippen LogP contribution in [0.3, 0.4) is 0 Å². The molecule has 0 atom stereocenters. The molecule has 0 saturated carbocycles. The van der Waals surface area contributed by atoms with Crippen molar-refractivity contribution in [3.05, 3.63) is 65.5 Å². The minimum atomic E-state index is -4.56. The van der Waals surface area contributed by atoms with Gasteiger partial charge >= 0.3 is 6.18 Å². The second-order valence-corrected chi connectivity index (χ2v) is 6.44. The van der Waals surface area contributed by atoms with Gasteiger partial charge in [0.15, 0.2) is 5.82 Å². The second kappa shape index (κ2) is 8.29. The summed E-state index contributed by atoms with van der Waals surface area (Å²) in [5.41, 5.74) is -1.01. The third-order valence-corrected chi connectivity index (χ3v) is 4.02. The monoisotopic (exact) mass is 405 g/mol. The van der Waals surface area contributed by atoms with Gasteiger partial charge in [-0.15, -0.1) is 5.10 Å². The largest absolute Gasteiger partial charge is 0.486 e. The highest BCUT2D eigenvalue weighted by atomic mass is 19.4. The number of carbonyl (C=O) groups is 1. The third-order valence-electron chi connectivity index (χ3n) is 4.02. The van der Waals surface area contributed by atoms with E-state index >= 15 is 0 Å². The predicted octanol–water partition coefficient (Wildman–Crippen LogP) is 4.10. The van der Waals surface area contributed by atoms with Crippen molar-refractivity contribution >= 4 is 11.6 Å². The summed E-state index contributed by atoms with van der Waals surface area (Å²) in [6, 6.07) is 10.9. The van der Waals surface area contributed by atoms with Gasteiger partial charge in [-0.3, -0.25) is 4.79 Å². The van der Waals surface area contributed by atoms with Gasteiger partial charge in [0.25, 0.3) is 5.91 Å². The van der Waals surface area contributed by atoms with Gasteiger partial charge in [0.1, 0.15) is 12.4 Å². The number of hydrogen-bond acceptors (Lipinski definition) is 5. The zero-order chi connectivity index (χ0) is 21.0. The first-order chi connectivity index (χ1) is 13.8. The van der Waals surface area contributed by atoms with Crippen molar-refractivity contribution in [3.63, 3.8) is 0 Å². The van der Waals surface area contributed by atoms with Crippen LogP contribution in [0.15, 0.2) is 48.5 Å². The van der Waals surface area contributed by atoms with E-state index in [1.165, 1.54) is 30.3 Å². The number of alkyl halides is 3. The van der Waals surface area contributed by atoms with Crippen molar-refractivity contribution in [2.45, 2.75) is 32.7 Å². The van der Waals surface area contributed by atoms with Crippen LogP contribution in [0.5, 0.6) is 5.75 Å². The Balaban J connectivity index is 1.66. The van der Waals surface area contributed by atoms with Crippen molar-refractivity contribution < 1.29 is 22.7 Å². The number of nitrogens with zero attached hydrogens (tertiary/aromatic N) is 4. The number of anilines is 1. The first-order valence-corrected chi connectivity index (χ1v) is 8.73. The van der Waals surface area contributed by atoms with Crippen LogP contribution in [-0.2, 0) is 12.8 Å². The molecule has 1 amide bonds. The molecule has 1 aromatic heterocycles. The molecule has 1 N–H and O–H groups in total. The number of hydrogen-bond donors (Lipinski definition) is 1. The van der Waals surface area contributed by atoms with Crippen LogP contribution in [0.1, 0.15) is 41.6 Å². The number of carbonyl (C=O) groups excluding carboxylic acids is 1. The highest BCUT2D eigenvalue weighted by Crippen LogP contribution is 2.34. The number of amides is 1. The van der Waals surface area contributed by atoms with Crippen LogP contribution < -0.4 is 10.1 Å². The Morgan fingerprint density at radius 3 is 2.48 bits per heavy atom. The van der Waals surface area contributed by atoms with Gasteiger partial charge in [0.2, 0.25) is 0 Å². The lowest BCUT2D eigenvalue weighted by Gasteiger charge is -2.13. The van der Waals surface area contributed by atoms with E-state index in [2.05, 4.69) is 20.8 Å². The summed E-state index contributed by atoms with van der Waals surface area (Å²) < 4.78 is 46.4. The smallest absolute Gasteiger partial charge is 0.418 e. The van der Waals surface area contributed by atoms with Crippen molar-refractivity contribution in [2.75, 3.05) is 5.32 Å². The zero-order valence-corrected chi connectivity index (χ0v) is 15.6. The maximum Gasteiger partial charge on any atom is 0.418 e. The summed E-state index contributed by atoms with van der Waals surface area (Å²) in [7, 11) is 0. The van der Waals surface area contributed by atoms with Gasteiger partial charge in [0.05, 0.1) is 17.3 Å². The molecular formula is C19H18F3N5O2. The van der Waals surface area contributed by atoms with Crippen LogP contribution in [0.4, 0.5) is 18.9 Å². The summed E-state index contributed by atoms with van der Waals surface area (Å²) in [5, 5.41) is 13.7. The van der Waals surface area contributed by atoms with Gasteiger partial charge in [-0.05, 0) is 60.7 Å². The van der Waals surface area contributed by atoms with Crippen LogP contribution >= 0.6 is 0 Å². The molecule has 0 unspecified atom stereocenters. The first-order valence-electron chi connectivity index (χ1n) is 8.73. The molecule has 0 saturated heterocycles. The molecule has 0 aliphatic rings. The second-order valence-electron chi connectivity index (χ2n) is 6.44. The third kappa shape index (κ3) is 4.89. The standard InChI is InChI=1S/C19H18F3N5O2/c1-12(2)27-17(24-25-26-27)11-29-14-9-7-13(8-10-14)18(28)23-16-6-4-3-5-15(16)19(20,21)22/h3-10,12H,11H2,1-2H3,(H,23,28). The van der Waals surface area contributed by atoms with Crippen LogP contribution in [0, 0.1) is 0 Å². The van der Waals surface area contributed by atoms with E-state index in [9.17, 15) is 18.0 Å². The Labute approximate surface area is 164 Å². The van der Waals surface area contributed by atoms with E-state index in [0.717, 1.165) is 6.07 Å². The fourth-order valence-corrected chi connectivity index (χ4v) is 2.59. The Hall–Kier alpha value is -3.43. The summed E-state index contributed by atoms with van der Waals surface area (Å²) in [5.74, 6) is 0.359. The summed E-state index contributed by atoms with van der Waals surface area (Å²) in [4.78, 5) is 12.3. The fraction of sp³-hybridized carbons (Fsp3) is 0.263. The Morgan fingerprint density at radius 1 is 1.14 bits per heavy atom. The van der Waals surface area contributed by atoms with E-state index in [4.69, 9.17) is 4.74 Å². The molecule has 0 radical (unpaired) electrons. The lowest BCUT2D eigenvalue weighted by molar-refractivity contribution is -0.136. The molecular weight excluding hydrogens is 387 g/mol. The minimum absolute atomic E-state index is 0.0780. The molecule has 0 fully saturated rings. The van der Waals surface area contributed by atoms with Crippen molar-refractivity contribution in [1.29, 1.82) is 0 Å². The Kier molecular flexibility index (Phi) is 5.81. The average Bonchev–Trinajstić information content (AvgIpc) is 3.15. The van der Waals surface area contributed by atoms with Crippen molar-refractivity contribution in [1.82, 2.24) is 20.2 Å². The quantitative estimate of drug-likeness (QED) is 0.668.